The molecule has 0 unspecified atom stereocenters. The van der Waals surface area contributed by atoms with Gasteiger partial charge in [0.2, 0.25) is 0 Å². The smallest absolute Gasteiger partial charge is 0.337 e. The third-order valence-electron chi connectivity index (χ3n) is 3.37. The van der Waals surface area contributed by atoms with Gasteiger partial charge in [0.05, 0.1) is 25.9 Å². The number of unbranched alkanes of at least 4 members (excludes halogenated alkanes) is 1. The summed E-state index contributed by atoms with van der Waals surface area (Å²) in [6, 6.07) is 15.0. The first-order valence-corrected chi connectivity index (χ1v) is 7.69. The van der Waals surface area contributed by atoms with Crippen LogP contribution in [0.15, 0.2) is 48.5 Å². The van der Waals surface area contributed by atoms with E-state index in [1.165, 1.54) is 12.7 Å². The molecular weight excluding hydrogens is 292 g/mol. The average Bonchev–Trinajstić information content (AvgIpc) is 2.59. The molecule has 0 bridgehead atoms. The van der Waals surface area contributed by atoms with Crippen LogP contribution in [0.5, 0.6) is 11.5 Å². The minimum Gasteiger partial charge on any atom is -0.494 e. The molecule has 0 N–H and O–H groups in total. The summed E-state index contributed by atoms with van der Waals surface area (Å²) in [5.74, 6) is 1.30. The van der Waals surface area contributed by atoms with Crippen LogP contribution < -0.4 is 9.47 Å². The van der Waals surface area contributed by atoms with Crippen LogP contribution >= 0.6 is 0 Å². The van der Waals surface area contributed by atoms with Crippen molar-refractivity contribution in [2.24, 2.45) is 0 Å². The Labute approximate surface area is 137 Å². The summed E-state index contributed by atoms with van der Waals surface area (Å²) in [6.45, 7) is 3.35. The number of methoxy groups -OCH3 is 1. The molecule has 0 amide bonds. The summed E-state index contributed by atoms with van der Waals surface area (Å²) in [5.41, 5.74) is 1.75. The summed E-state index contributed by atoms with van der Waals surface area (Å²) in [6.07, 6.45) is 1.83. The number of esters is 1. The largest absolute Gasteiger partial charge is 0.494 e. The van der Waals surface area contributed by atoms with Gasteiger partial charge in [-0.05, 0) is 56.2 Å². The monoisotopic (exact) mass is 314 g/mol. The zero-order valence-electron chi connectivity index (χ0n) is 13.6. The van der Waals surface area contributed by atoms with Gasteiger partial charge in [0.15, 0.2) is 0 Å². The van der Waals surface area contributed by atoms with Crippen LogP contribution in [0.25, 0.3) is 0 Å². The summed E-state index contributed by atoms with van der Waals surface area (Å²) in [7, 11) is 1.37. The number of carbonyl (C=O) groups is 1. The quantitative estimate of drug-likeness (QED) is 0.545. The summed E-state index contributed by atoms with van der Waals surface area (Å²) >= 11 is 0. The van der Waals surface area contributed by atoms with Gasteiger partial charge in [0.1, 0.15) is 11.5 Å². The zero-order valence-corrected chi connectivity index (χ0v) is 13.6. The predicted molar refractivity (Wildman–Crippen MR) is 89.2 cm³/mol. The van der Waals surface area contributed by atoms with E-state index >= 15 is 0 Å². The summed E-state index contributed by atoms with van der Waals surface area (Å²) in [5, 5.41) is 0. The lowest BCUT2D eigenvalue weighted by atomic mass is 10.2. The van der Waals surface area contributed by atoms with E-state index in [4.69, 9.17) is 9.47 Å². The van der Waals surface area contributed by atoms with Crippen molar-refractivity contribution in [2.45, 2.75) is 19.8 Å². The van der Waals surface area contributed by atoms with E-state index < -0.39 is 0 Å². The molecule has 0 fully saturated rings. The van der Waals surface area contributed by atoms with Crippen molar-refractivity contribution in [3.05, 3.63) is 59.7 Å². The minimum absolute atomic E-state index is 0.343. The van der Waals surface area contributed by atoms with Crippen molar-refractivity contribution in [3.8, 4) is 11.5 Å². The molecule has 0 radical (unpaired) electrons. The van der Waals surface area contributed by atoms with Crippen LogP contribution in [0.3, 0.4) is 0 Å². The Morgan fingerprint density at radius 2 is 1.30 bits per heavy atom. The Morgan fingerprint density at radius 3 is 1.78 bits per heavy atom. The van der Waals surface area contributed by atoms with Crippen LogP contribution in [0, 0.1) is 6.92 Å². The fourth-order valence-corrected chi connectivity index (χ4v) is 2.02. The molecule has 0 aliphatic rings. The van der Waals surface area contributed by atoms with Crippen LogP contribution in [0.2, 0.25) is 0 Å². The first-order chi connectivity index (χ1) is 11.2. The molecule has 0 saturated heterocycles. The third-order valence-corrected chi connectivity index (χ3v) is 3.37. The highest BCUT2D eigenvalue weighted by Gasteiger charge is 2.04. The number of carbonyl (C=O) groups excluding carboxylic acids is 1. The van der Waals surface area contributed by atoms with Gasteiger partial charge in [-0.25, -0.2) is 4.79 Å². The van der Waals surface area contributed by atoms with Gasteiger partial charge in [-0.1, -0.05) is 17.7 Å². The normalized spacial score (nSPS) is 10.2. The Bertz CT molecular complexity index is 602. The van der Waals surface area contributed by atoms with Gasteiger partial charge in [0, 0.05) is 0 Å². The highest BCUT2D eigenvalue weighted by Crippen LogP contribution is 2.14. The van der Waals surface area contributed by atoms with Crippen LogP contribution in [-0.2, 0) is 4.74 Å². The van der Waals surface area contributed by atoms with Gasteiger partial charge in [-0.3, -0.25) is 0 Å². The average molecular weight is 314 g/mol. The van der Waals surface area contributed by atoms with Crippen molar-refractivity contribution in [3.63, 3.8) is 0 Å². The second-order valence-corrected chi connectivity index (χ2v) is 5.23. The summed E-state index contributed by atoms with van der Waals surface area (Å²) < 4.78 is 15.9. The minimum atomic E-state index is -0.343. The highest BCUT2D eigenvalue weighted by atomic mass is 16.5. The lowest BCUT2D eigenvalue weighted by molar-refractivity contribution is 0.0600. The lowest BCUT2D eigenvalue weighted by Crippen LogP contribution is -2.03. The van der Waals surface area contributed by atoms with Gasteiger partial charge >= 0.3 is 5.97 Å². The predicted octanol–water partition coefficient (Wildman–Crippen LogP) is 4.02. The molecule has 2 aromatic carbocycles. The highest BCUT2D eigenvalue weighted by molar-refractivity contribution is 5.89. The van der Waals surface area contributed by atoms with Crippen molar-refractivity contribution in [1.82, 2.24) is 0 Å². The fraction of sp³-hybridized carbons (Fsp3) is 0.316. The number of benzene rings is 2. The van der Waals surface area contributed by atoms with E-state index in [1.54, 1.807) is 24.3 Å². The number of hydrogen-bond donors (Lipinski definition) is 0. The molecule has 0 aliphatic heterocycles. The number of aryl methyl sites for hydroxylation is 1. The van der Waals surface area contributed by atoms with E-state index in [1.807, 2.05) is 24.3 Å². The molecule has 0 atom stereocenters. The van der Waals surface area contributed by atoms with E-state index in [0.717, 1.165) is 24.3 Å². The van der Waals surface area contributed by atoms with Gasteiger partial charge in [-0.2, -0.15) is 0 Å². The van der Waals surface area contributed by atoms with Crippen molar-refractivity contribution in [1.29, 1.82) is 0 Å². The molecule has 4 nitrogen and oxygen atoms in total. The molecule has 0 aliphatic carbocycles. The molecule has 122 valence electrons. The lowest BCUT2D eigenvalue weighted by Gasteiger charge is -2.08. The van der Waals surface area contributed by atoms with Gasteiger partial charge in [0.25, 0.3) is 0 Å². The van der Waals surface area contributed by atoms with E-state index in [-0.39, 0.29) is 5.97 Å². The molecule has 4 heteroatoms. The zero-order chi connectivity index (χ0) is 16.5. The van der Waals surface area contributed by atoms with Crippen molar-refractivity contribution < 1.29 is 19.0 Å². The molecule has 0 aromatic heterocycles. The summed E-state index contributed by atoms with van der Waals surface area (Å²) in [4.78, 5) is 11.3. The van der Waals surface area contributed by atoms with Gasteiger partial charge < -0.3 is 14.2 Å². The third kappa shape index (κ3) is 5.66. The van der Waals surface area contributed by atoms with Crippen LogP contribution in [0.1, 0.15) is 28.8 Å². The second-order valence-electron chi connectivity index (χ2n) is 5.23. The second kappa shape index (κ2) is 8.83. The fourth-order valence-electron chi connectivity index (χ4n) is 2.02. The van der Waals surface area contributed by atoms with Crippen molar-refractivity contribution in [2.75, 3.05) is 20.3 Å². The maximum atomic E-state index is 11.3. The standard InChI is InChI=1S/C19H22O4/c1-15-5-9-17(10-6-15)22-13-3-4-14-23-18-11-7-16(8-12-18)19(20)21-2/h5-12H,3-4,13-14H2,1-2H3. The molecule has 23 heavy (non-hydrogen) atoms. The SMILES string of the molecule is COC(=O)c1ccc(OCCCCOc2ccc(C)cc2)cc1. The molecule has 0 heterocycles. The Hall–Kier alpha value is -2.49. The van der Waals surface area contributed by atoms with E-state index in [0.29, 0.717) is 18.8 Å². The Morgan fingerprint density at radius 1 is 0.826 bits per heavy atom. The van der Waals surface area contributed by atoms with Crippen LogP contribution in [-0.4, -0.2) is 26.3 Å². The Balaban J connectivity index is 1.61. The first-order valence-electron chi connectivity index (χ1n) is 7.69. The van der Waals surface area contributed by atoms with E-state index in [9.17, 15) is 4.79 Å². The molecule has 2 aromatic rings. The molecule has 2 rings (SSSR count). The number of ether oxygens (including phenoxy) is 3. The van der Waals surface area contributed by atoms with Gasteiger partial charge in [-0.15, -0.1) is 0 Å². The molecular formula is C19H22O4. The number of hydrogen-bond acceptors (Lipinski definition) is 4. The molecule has 0 spiro atoms. The topological polar surface area (TPSA) is 44.8 Å². The maximum absolute atomic E-state index is 11.3. The van der Waals surface area contributed by atoms with E-state index in [2.05, 4.69) is 11.7 Å². The molecule has 0 saturated carbocycles. The van der Waals surface area contributed by atoms with Crippen molar-refractivity contribution >= 4 is 5.97 Å². The number of rotatable bonds is 8. The van der Waals surface area contributed by atoms with Crippen LogP contribution in [0.4, 0.5) is 0 Å². The first kappa shape index (κ1) is 16.9. The Kier molecular flexibility index (Phi) is 6.48. The maximum Gasteiger partial charge on any atom is 0.337 e.